The molecular formula is C25H30N8OS2. The molecule has 4 aromatic rings. The molecule has 6 rings (SSSR count). The van der Waals surface area contributed by atoms with Crippen LogP contribution >= 0.6 is 23.1 Å². The average molecular weight is 523 g/mol. The molecule has 1 saturated carbocycles. The molecule has 36 heavy (non-hydrogen) atoms. The number of nitrogens with zero attached hydrogens (tertiary/aromatic N) is 7. The molecule has 1 N–H and O–H groups in total. The van der Waals surface area contributed by atoms with Crippen LogP contribution in [0.4, 0.5) is 5.13 Å². The van der Waals surface area contributed by atoms with Gasteiger partial charge < -0.3 is 5.32 Å². The minimum absolute atomic E-state index is 0.00341. The summed E-state index contributed by atoms with van der Waals surface area (Å²) in [7, 11) is 0. The first-order valence-corrected chi connectivity index (χ1v) is 14.3. The predicted octanol–water partition coefficient (Wildman–Crippen LogP) is 4.12. The zero-order valence-corrected chi connectivity index (χ0v) is 22.2. The normalized spacial score (nSPS) is 18.6. The van der Waals surface area contributed by atoms with Gasteiger partial charge in [0.15, 0.2) is 10.8 Å². The maximum absolute atomic E-state index is 12.7. The van der Waals surface area contributed by atoms with Crippen molar-refractivity contribution in [3.8, 4) is 0 Å². The first kappa shape index (κ1) is 23.8. The van der Waals surface area contributed by atoms with E-state index in [0.717, 1.165) is 64.2 Å². The van der Waals surface area contributed by atoms with Gasteiger partial charge in [-0.1, -0.05) is 25.2 Å². The number of thiazole rings is 1. The van der Waals surface area contributed by atoms with Gasteiger partial charge in [0.2, 0.25) is 11.1 Å². The number of carbonyl (C=O) groups excluding carboxylic acids is 1. The number of likely N-dealkylation sites (tertiary alicyclic amines) is 1. The molecule has 1 aliphatic carbocycles. The number of rotatable bonds is 9. The van der Waals surface area contributed by atoms with E-state index < -0.39 is 0 Å². The van der Waals surface area contributed by atoms with Crippen LogP contribution in [0, 0.1) is 0 Å². The number of carbonyl (C=O) groups is 1. The van der Waals surface area contributed by atoms with Crippen LogP contribution in [0.25, 0.3) is 15.9 Å². The Kier molecular flexibility index (Phi) is 6.63. The Balaban J connectivity index is 1.11. The first-order valence-electron chi connectivity index (χ1n) is 12.7. The van der Waals surface area contributed by atoms with Gasteiger partial charge in [-0.3, -0.25) is 14.6 Å². The second-order valence-corrected chi connectivity index (χ2v) is 11.6. The summed E-state index contributed by atoms with van der Waals surface area (Å²) < 4.78 is 2.86. The third kappa shape index (κ3) is 4.97. The Morgan fingerprint density at radius 2 is 2.03 bits per heavy atom. The molecule has 0 spiro atoms. The fraction of sp³-hybridized carbons (Fsp3) is 0.480. The molecule has 9 nitrogen and oxygen atoms in total. The van der Waals surface area contributed by atoms with Crippen molar-refractivity contribution >= 4 is 50.0 Å². The molecule has 3 aromatic heterocycles. The molecule has 2 fully saturated rings. The minimum Gasteiger partial charge on any atom is -0.301 e. The monoisotopic (exact) mass is 522 g/mol. The number of likely N-dealkylation sites (N-methyl/N-ethyl adjacent to an activating group) is 1. The Hall–Kier alpha value is -2.60. The number of amides is 1. The van der Waals surface area contributed by atoms with E-state index in [1.807, 2.05) is 22.7 Å². The highest BCUT2D eigenvalue weighted by molar-refractivity contribution is 7.99. The maximum atomic E-state index is 12.7. The number of hydrogen-bond acceptors (Lipinski definition) is 9. The van der Waals surface area contributed by atoms with Crippen LogP contribution in [-0.2, 0) is 4.79 Å². The number of nitrogens with one attached hydrogen (secondary N) is 1. The third-order valence-corrected chi connectivity index (χ3v) is 8.87. The summed E-state index contributed by atoms with van der Waals surface area (Å²) in [6, 6.07) is 10.7. The molecule has 1 unspecified atom stereocenters. The lowest BCUT2D eigenvalue weighted by molar-refractivity contribution is -0.117. The van der Waals surface area contributed by atoms with Crippen LogP contribution < -0.4 is 5.32 Å². The average Bonchev–Trinajstić information content (AvgIpc) is 3.31. The van der Waals surface area contributed by atoms with Crippen molar-refractivity contribution in [1.29, 1.82) is 0 Å². The molecule has 4 heterocycles. The van der Waals surface area contributed by atoms with E-state index in [1.54, 1.807) is 0 Å². The minimum atomic E-state index is -0.00341. The summed E-state index contributed by atoms with van der Waals surface area (Å²) in [6.45, 7) is 8.83. The van der Waals surface area contributed by atoms with E-state index >= 15 is 0 Å². The van der Waals surface area contributed by atoms with Crippen LogP contribution in [0.15, 0.2) is 40.4 Å². The molecule has 0 radical (unpaired) electrons. The summed E-state index contributed by atoms with van der Waals surface area (Å²) in [5.41, 5.74) is 2.75. The van der Waals surface area contributed by atoms with Gasteiger partial charge in [-0.2, -0.15) is 9.61 Å². The van der Waals surface area contributed by atoms with E-state index in [4.69, 9.17) is 5.10 Å². The molecule has 1 saturated heterocycles. The van der Waals surface area contributed by atoms with Gasteiger partial charge >= 0.3 is 0 Å². The summed E-state index contributed by atoms with van der Waals surface area (Å²) in [4.78, 5) is 23.1. The van der Waals surface area contributed by atoms with Crippen molar-refractivity contribution < 1.29 is 4.79 Å². The topological polar surface area (TPSA) is 91.5 Å². The van der Waals surface area contributed by atoms with Crippen molar-refractivity contribution in [2.45, 2.75) is 55.1 Å². The highest BCUT2D eigenvalue weighted by Gasteiger charge is 2.28. The van der Waals surface area contributed by atoms with E-state index in [-0.39, 0.29) is 5.91 Å². The zero-order valence-electron chi connectivity index (χ0n) is 20.6. The molecular weight excluding hydrogens is 492 g/mol. The van der Waals surface area contributed by atoms with Crippen LogP contribution in [0.3, 0.4) is 0 Å². The molecule has 11 heteroatoms. The second-order valence-electron chi connectivity index (χ2n) is 9.48. The highest BCUT2D eigenvalue weighted by Crippen LogP contribution is 2.39. The predicted molar refractivity (Wildman–Crippen MR) is 143 cm³/mol. The van der Waals surface area contributed by atoms with Gasteiger partial charge in [-0.05, 0) is 74.4 Å². The van der Waals surface area contributed by atoms with Crippen LogP contribution in [0.1, 0.15) is 44.7 Å². The largest absolute Gasteiger partial charge is 0.301 e. The van der Waals surface area contributed by atoms with Crippen molar-refractivity contribution in [3.05, 3.63) is 36.0 Å². The van der Waals surface area contributed by atoms with Crippen LogP contribution in [0.2, 0.25) is 0 Å². The van der Waals surface area contributed by atoms with Gasteiger partial charge in [0, 0.05) is 29.9 Å². The van der Waals surface area contributed by atoms with Gasteiger partial charge in [0.25, 0.3) is 0 Å². The van der Waals surface area contributed by atoms with E-state index in [0.29, 0.717) is 23.6 Å². The van der Waals surface area contributed by atoms with E-state index in [9.17, 15) is 4.79 Å². The van der Waals surface area contributed by atoms with Gasteiger partial charge in [0.1, 0.15) is 0 Å². The number of benzene rings is 1. The first-order chi connectivity index (χ1) is 17.6. The summed E-state index contributed by atoms with van der Waals surface area (Å²) >= 11 is 3.04. The quantitative estimate of drug-likeness (QED) is 0.351. The summed E-state index contributed by atoms with van der Waals surface area (Å²) in [5, 5.41) is 17.8. The maximum Gasteiger partial charge on any atom is 0.240 e. The molecule has 1 aromatic carbocycles. The number of anilines is 1. The smallest absolute Gasteiger partial charge is 0.240 e. The standard InChI is InChI=1S/C25H30N8OS2/c1-3-32(4-2)17-11-12-31(14-17)15-23(34)27-24-26-20-8-7-18(13-21(20)36-24)35-25-29-28-22-10-9-19(16-5-6-16)30-33(22)25/h7-10,13,16-17H,3-6,11-12,14-15H2,1-2H3,(H,26,27,34). The fourth-order valence-corrected chi connectivity index (χ4v) is 6.75. The fourth-order valence-electron chi connectivity index (χ4n) is 4.93. The van der Waals surface area contributed by atoms with Crippen molar-refractivity contribution in [1.82, 2.24) is 34.6 Å². The molecule has 188 valence electrons. The van der Waals surface area contributed by atoms with Crippen molar-refractivity contribution in [2.75, 3.05) is 38.0 Å². The Bertz CT molecular complexity index is 1390. The zero-order chi connectivity index (χ0) is 24.6. The summed E-state index contributed by atoms with van der Waals surface area (Å²) in [6.07, 6.45) is 3.53. The third-order valence-electron chi connectivity index (χ3n) is 7.01. The number of hydrogen-bond donors (Lipinski definition) is 1. The van der Waals surface area contributed by atoms with E-state index in [1.165, 1.54) is 35.9 Å². The molecule has 1 aliphatic heterocycles. The van der Waals surface area contributed by atoms with E-state index in [2.05, 4.69) is 56.3 Å². The second kappa shape index (κ2) is 10.0. The van der Waals surface area contributed by atoms with Crippen molar-refractivity contribution in [2.24, 2.45) is 0 Å². The molecule has 2 aliphatic rings. The molecule has 1 amide bonds. The van der Waals surface area contributed by atoms with Crippen LogP contribution in [-0.4, -0.2) is 79.3 Å². The SMILES string of the molecule is CCN(CC)C1CCN(CC(=O)Nc2nc3ccc(Sc4nnc5ccc(C6CC6)nn45)cc3s2)C1. The lowest BCUT2D eigenvalue weighted by Gasteiger charge is -2.26. The lowest BCUT2D eigenvalue weighted by atomic mass is 10.2. The highest BCUT2D eigenvalue weighted by atomic mass is 32.2. The lowest BCUT2D eigenvalue weighted by Crippen LogP contribution is -2.39. The van der Waals surface area contributed by atoms with Crippen LogP contribution in [0.5, 0.6) is 0 Å². The van der Waals surface area contributed by atoms with Gasteiger partial charge in [-0.15, -0.1) is 10.2 Å². The number of aromatic nitrogens is 5. The Morgan fingerprint density at radius 1 is 1.17 bits per heavy atom. The van der Waals surface area contributed by atoms with Crippen molar-refractivity contribution in [3.63, 3.8) is 0 Å². The van der Waals surface area contributed by atoms with Gasteiger partial charge in [0.05, 0.1) is 22.5 Å². The molecule has 0 bridgehead atoms. The number of fused-ring (bicyclic) bond motifs is 2. The Morgan fingerprint density at radius 3 is 2.83 bits per heavy atom. The Labute approximate surface area is 218 Å². The summed E-state index contributed by atoms with van der Waals surface area (Å²) in [5.74, 6) is 0.572. The van der Waals surface area contributed by atoms with Gasteiger partial charge in [-0.25, -0.2) is 4.98 Å². The molecule has 1 atom stereocenters.